The highest BCUT2D eigenvalue weighted by atomic mass is 79.9. The second-order valence-electron chi connectivity index (χ2n) is 12.7. The number of methoxy groups -OCH3 is 2. The van der Waals surface area contributed by atoms with E-state index in [0.29, 0.717) is 48.6 Å². The minimum Gasteiger partial charge on any atom is -0.508 e. The molecule has 14 heteroatoms. The van der Waals surface area contributed by atoms with Crippen LogP contribution in [0.2, 0.25) is 0 Å². The van der Waals surface area contributed by atoms with Crippen LogP contribution in [0.3, 0.4) is 0 Å². The Morgan fingerprint density at radius 2 is 0.885 bits per heavy atom. The Hall–Kier alpha value is -7.00. The lowest BCUT2D eigenvalue weighted by molar-refractivity contribution is 0.414. The molecule has 8 rings (SSSR count). The number of pyridine rings is 2. The molecule has 0 amide bonds. The zero-order valence-corrected chi connectivity index (χ0v) is 32.6. The number of halogens is 1. The maximum absolute atomic E-state index is 13.0. The number of fused-ring (bicyclic) bond motifs is 2. The molecule has 2 aromatic heterocycles. The van der Waals surface area contributed by atoms with Gasteiger partial charge >= 0.3 is 7.12 Å². The Morgan fingerprint density at radius 1 is 0.492 bits per heavy atom. The molecular weight excluding hydrogens is 843 g/mol. The largest absolute Gasteiger partial charge is 0.508 e. The monoisotopic (exact) mass is 890 g/mol. The molecule has 0 aliphatic rings. The molecule has 0 aliphatic carbocycles. The molecule has 61 heavy (non-hydrogen) atoms. The molecule has 6 N–H and O–H groups in total. The molecule has 6 aromatic carbocycles. The van der Waals surface area contributed by atoms with E-state index in [1.165, 1.54) is 41.0 Å². The molecule has 2 heterocycles. The summed E-state index contributed by atoms with van der Waals surface area (Å²) in [6, 6.07) is 36.2. The van der Waals surface area contributed by atoms with Gasteiger partial charge in [-0.3, -0.25) is 18.7 Å². The van der Waals surface area contributed by atoms with E-state index in [9.17, 15) is 30.0 Å². The van der Waals surface area contributed by atoms with Gasteiger partial charge in [-0.15, -0.1) is 0 Å². The van der Waals surface area contributed by atoms with Gasteiger partial charge in [0.1, 0.15) is 34.5 Å². The molecular formula is C47H48BBrN2O10. The van der Waals surface area contributed by atoms with Gasteiger partial charge in [0.2, 0.25) is 0 Å². The summed E-state index contributed by atoms with van der Waals surface area (Å²) in [6.07, 6.45) is 3.40. The smallest absolute Gasteiger partial charge is 0.488 e. The minimum atomic E-state index is -1.40. The third kappa shape index (κ3) is 11.2. The van der Waals surface area contributed by atoms with Gasteiger partial charge in [0.25, 0.3) is 11.1 Å². The van der Waals surface area contributed by atoms with Crippen LogP contribution in [0.5, 0.6) is 34.5 Å². The molecule has 0 saturated heterocycles. The van der Waals surface area contributed by atoms with Gasteiger partial charge in [0.05, 0.1) is 14.2 Å². The number of benzene rings is 6. The van der Waals surface area contributed by atoms with E-state index < -0.39 is 7.12 Å². The standard InChI is InChI=1S/C22H17NO4.C15H10BrNO3.C7H9BO3.3CH4/c1-27-18-9-2-14(3-10-18)21-13-23(15-4-6-16(24)7-5-15)22(26)19-11-8-17(25)12-20(19)21;16-14-8-17(9-1-3-10(18)4-2-9)15(20)12-6-5-11(19)7-13(12)14;1-11-7-4-2-6(3-5-7)8(9)10;;;/h2-13,24-25H,1H3;1-8,18-19H;2-5,9-10H,1H3;3*1H4. The first-order valence-corrected chi connectivity index (χ1v) is 18.3. The quantitative estimate of drug-likeness (QED) is 0.0885. The number of hydrogen-bond acceptors (Lipinski definition) is 10. The normalized spacial score (nSPS) is 10.0. The zero-order valence-electron chi connectivity index (χ0n) is 31.0. The van der Waals surface area contributed by atoms with Crippen LogP contribution in [0.25, 0.3) is 44.0 Å². The Bertz CT molecular complexity index is 2810. The van der Waals surface area contributed by atoms with Crippen molar-refractivity contribution in [1.82, 2.24) is 9.13 Å². The van der Waals surface area contributed by atoms with Crippen LogP contribution in [0, 0.1) is 0 Å². The average Bonchev–Trinajstić information content (AvgIpc) is 3.23. The van der Waals surface area contributed by atoms with Crippen molar-refractivity contribution < 1.29 is 39.9 Å². The fraction of sp³-hybridized carbons (Fsp3) is 0.106. The average molecular weight is 892 g/mol. The highest BCUT2D eigenvalue weighted by molar-refractivity contribution is 9.10. The predicted molar refractivity (Wildman–Crippen MR) is 248 cm³/mol. The van der Waals surface area contributed by atoms with Crippen molar-refractivity contribution in [1.29, 1.82) is 0 Å². The Labute approximate surface area is 362 Å². The number of nitrogens with zero attached hydrogens (tertiary/aromatic N) is 2. The topological polar surface area (TPSA) is 184 Å². The van der Waals surface area contributed by atoms with Crippen molar-refractivity contribution in [2.75, 3.05) is 14.2 Å². The van der Waals surface area contributed by atoms with Gasteiger partial charge in [0.15, 0.2) is 0 Å². The number of phenolic OH excluding ortho intramolecular Hbond substituents is 4. The molecule has 0 saturated carbocycles. The van der Waals surface area contributed by atoms with Crippen LogP contribution in [0.1, 0.15) is 22.3 Å². The summed E-state index contributed by atoms with van der Waals surface area (Å²) < 4.78 is 13.8. The lowest BCUT2D eigenvalue weighted by Crippen LogP contribution is -2.29. The summed E-state index contributed by atoms with van der Waals surface area (Å²) in [7, 11) is 1.76. The van der Waals surface area contributed by atoms with Gasteiger partial charge < -0.3 is 39.9 Å². The summed E-state index contributed by atoms with van der Waals surface area (Å²) >= 11 is 3.41. The van der Waals surface area contributed by atoms with Crippen molar-refractivity contribution in [3.05, 3.63) is 171 Å². The summed E-state index contributed by atoms with van der Waals surface area (Å²) in [6.45, 7) is 0. The Balaban J connectivity index is 0.000000258. The molecule has 0 fully saturated rings. The van der Waals surface area contributed by atoms with E-state index >= 15 is 0 Å². The van der Waals surface area contributed by atoms with Gasteiger partial charge in [-0.1, -0.05) is 46.5 Å². The number of rotatable bonds is 6. The molecule has 316 valence electrons. The van der Waals surface area contributed by atoms with Crippen molar-refractivity contribution in [3.8, 4) is 57.0 Å². The SMILES string of the molecule is C.C.C.COc1ccc(-c2cn(-c3ccc(O)cc3)c(=O)c3ccc(O)cc23)cc1.COc1ccc(B(O)O)cc1.O=c1c2ccc(O)cc2c(Br)cn1-c1ccc(O)cc1. The van der Waals surface area contributed by atoms with Gasteiger partial charge in [-0.25, -0.2) is 0 Å². The highest BCUT2D eigenvalue weighted by Crippen LogP contribution is 2.32. The molecule has 8 aromatic rings. The first-order chi connectivity index (χ1) is 27.9. The number of phenols is 4. The van der Waals surface area contributed by atoms with Crippen molar-refractivity contribution in [2.45, 2.75) is 22.3 Å². The van der Waals surface area contributed by atoms with E-state index in [-0.39, 0.29) is 56.4 Å². The van der Waals surface area contributed by atoms with E-state index in [4.69, 9.17) is 19.5 Å². The van der Waals surface area contributed by atoms with E-state index in [0.717, 1.165) is 16.9 Å². The first kappa shape index (κ1) is 48.4. The van der Waals surface area contributed by atoms with Crippen LogP contribution < -0.4 is 26.1 Å². The Kier molecular flexibility index (Phi) is 16.9. The Morgan fingerprint density at radius 3 is 1.33 bits per heavy atom. The zero-order chi connectivity index (χ0) is 41.5. The van der Waals surface area contributed by atoms with Crippen LogP contribution in [-0.4, -0.2) is 60.9 Å². The molecule has 0 atom stereocenters. The van der Waals surface area contributed by atoms with Crippen LogP contribution in [-0.2, 0) is 0 Å². The molecule has 0 aliphatic heterocycles. The maximum atomic E-state index is 13.0. The third-order valence-corrected chi connectivity index (χ3v) is 9.66. The second kappa shape index (κ2) is 21.3. The molecule has 0 unspecified atom stereocenters. The fourth-order valence-corrected chi connectivity index (χ4v) is 6.54. The number of ether oxygens (including phenoxy) is 2. The second-order valence-corrected chi connectivity index (χ2v) is 13.6. The lowest BCUT2D eigenvalue weighted by Gasteiger charge is -2.13. The predicted octanol–water partition coefficient (Wildman–Crippen LogP) is 8.53. The molecule has 0 spiro atoms. The third-order valence-electron chi connectivity index (χ3n) is 9.02. The summed E-state index contributed by atoms with van der Waals surface area (Å²) in [5.41, 5.74) is 3.06. The number of aromatic nitrogens is 2. The van der Waals surface area contributed by atoms with Gasteiger partial charge in [0, 0.05) is 55.3 Å². The lowest BCUT2D eigenvalue weighted by atomic mass is 9.80. The van der Waals surface area contributed by atoms with Gasteiger partial charge in [-0.2, -0.15) is 0 Å². The summed E-state index contributed by atoms with van der Waals surface area (Å²) in [4.78, 5) is 25.5. The fourth-order valence-electron chi connectivity index (χ4n) is 6.00. The summed E-state index contributed by atoms with van der Waals surface area (Å²) in [5, 5.41) is 58.0. The van der Waals surface area contributed by atoms with E-state index in [1.807, 2.05) is 24.3 Å². The van der Waals surface area contributed by atoms with Crippen LogP contribution >= 0.6 is 15.9 Å². The van der Waals surface area contributed by atoms with Crippen molar-refractivity contribution >= 4 is 50.1 Å². The van der Waals surface area contributed by atoms with E-state index in [2.05, 4.69) is 15.9 Å². The van der Waals surface area contributed by atoms with Gasteiger partial charge in [-0.05, 0) is 136 Å². The molecule has 0 bridgehead atoms. The van der Waals surface area contributed by atoms with E-state index in [1.54, 1.807) is 104 Å². The number of hydrogen-bond donors (Lipinski definition) is 6. The maximum Gasteiger partial charge on any atom is 0.488 e. The minimum absolute atomic E-state index is 0. The number of aromatic hydroxyl groups is 4. The first-order valence-electron chi connectivity index (χ1n) is 17.5. The van der Waals surface area contributed by atoms with Crippen LogP contribution in [0.15, 0.2) is 160 Å². The van der Waals surface area contributed by atoms with Crippen molar-refractivity contribution in [3.63, 3.8) is 0 Å². The molecule has 12 nitrogen and oxygen atoms in total. The van der Waals surface area contributed by atoms with Crippen molar-refractivity contribution in [2.24, 2.45) is 0 Å². The highest BCUT2D eigenvalue weighted by Gasteiger charge is 2.14. The summed E-state index contributed by atoms with van der Waals surface area (Å²) in [5.74, 6) is 1.92. The molecule has 0 radical (unpaired) electrons. The van der Waals surface area contributed by atoms with Crippen LogP contribution in [0.4, 0.5) is 0 Å².